The van der Waals surface area contributed by atoms with Crippen LogP contribution < -0.4 is 0 Å². The number of aromatic nitrogens is 1. The SMILES string of the molecule is CCOC(=O)C1CCCN(C(=O)c2cc3scc(Br)c3n2Cc2ccccc2C)C1. The van der Waals surface area contributed by atoms with Crippen molar-refractivity contribution in [2.75, 3.05) is 19.7 Å². The smallest absolute Gasteiger partial charge is 0.310 e. The van der Waals surface area contributed by atoms with Gasteiger partial charge in [0.2, 0.25) is 0 Å². The first-order valence-electron chi connectivity index (χ1n) is 10.3. The molecule has 2 aromatic heterocycles. The molecule has 0 N–H and O–H groups in total. The highest BCUT2D eigenvalue weighted by Crippen LogP contribution is 2.35. The lowest BCUT2D eigenvalue weighted by Crippen LogP contribution is -2.43. The zero-order chi connectivity index (χ0) is 21.3. The molecule has 1 saturated heterocycles. The van der Waals surface area contributed by atoms with Crippen molar-refractivity contribution in [1.82, 2.24) is 9.47 Å². The van der Waals surface area contributed by atoms with Crippen molar-refractivity contribution < 1.29 is 14.3 Å². The van der Waals surface area contributed by atoms with Gasteiger partial charge in [-0.15, -0.1) is 11.3 Å². The molecule has 30 heavy (non-hydrogen) atoms. The number of carbonyl (C=O) groups is 2. The molecule has 158 valence electrons. The van der Waals surface area contributed by atoms with Crippen molar-refractivity contribution in [2.24, 2.45) is 5.92 Å². The van der Waals surface area contributed by atoms with Gasteiger partial charge in [0.25, 0.3) is 5.91 Å². The van der Waals surface area contributed by atoms with Crippen molar-refractivity contribution in [3.63, 3.8) is 0 Å². The second-order valence-electron chi connectivity index (χ2n) is 7.68. The summed E-state index contributed by atoms with van der Waals surface area (Å²) in [6.07, 6.45) is 1.58. The molecule has 1 aliphatic heterocycles. The van der Waals surface area contributed by atoms with Gasteiger partial charge in [-0.05, 0) is 59.8 Å². The van der Waals surface area contributed by atoms with E-state index in [0.717, 1.165) is 27.5 Å². The monoisotopic (exact) mass is 488 g/mol. The Morgan fingerprint density at radius 1 is 1.30 bits per heavy atom. The third-order valence-corrected chi connectivity index (χ3v) is 7.54. The van der Waals surface area contributed by atoms with Crippen LogP contribution in [0.2, 0.25) is 0 Å². The van der Waals surface area contributed by atoms with Gasteiger partial charge >= 0.3 is 5.97 Å². The number of amides is 1. The maximum absolute atomic E-state index is 13.5. The maximum Gasteiger partial charge on any atom is 0.310 e. The summed E-state index contributed by atoms with van der Waals surface area (Å²) < 4.78 is 9.38. The maximum atomic E-state index is 13.5. The fraction of sp³-hybridized carbons (Fsp3) is 0.391. The third-order valence-electron chi connectivity index (χ3n) is 5.71. The first kappa shape index (κ1) is 21.1. The van der Waals surface area contributed by atoms with Crippen LogP contribution in [0, 0.1) is 12.8 Å². The number of rotatable bonds is 5. The number of halogens is 1. The zero-order valence-corrected chi connectivity index (χ0v) is 19.6. The third kappa shape index (κ3) is 4.05. The van der Waals surface area contributed by atoms with E-state index in [0.29, 0.717) is 31.9 Å². The van der Waals surface area contributed by atoms with Crippen LogP contribution in [0.3, 0.4) is 0 Å². The molecule has 7 heteroatoms. The fourth-order valence-electron chi connectivity index (χ4n) is 4.11. The molecule has 1 unspecified atom stereocenters. The van der Waals surface area contributed by atoms with Crippen LogP contribution in [0.5, 0.6) is 0 Å². The number of benzene rings is 1. The van der Waals surface area contributed by atoms with E-state index in [-0.39, 0.29) is 17.8 Å². The molecule has 0 bridgehead atoms. The average molecular weight is 489 g/mol. The number of likely N-dealkylation sites (tertiary alicyclic amines) is 1. The number of carbonyl (C=O) groups excluding carboxylic acids is 2. The number of aryl methyl sites for hydroxylation is 1. The fourth-order valence-corrected chi connectivity index (χ4v) is 5.80. The summed E-state index contributed by atoms with van der Waals surface area (Å²) in [5.41, 5.74) is 4.10. The highest BCUT2D eigenvalue weighted by Gasteiger charge is 2.31. The summed E-state index contributed by atoms with van der Waals surface area (Å²) in [6, 6.07) is 10.2. The van der Waals surface area contributed by atoms with Crippen molar-refractivity contribution in [3.8, 4) is 0 Å². The quantitative estimate of drug-likeness (QED) is 0.461. The van der Waals surface area contributed by atoms with E-state index in [1.807, 2.05) is 30.0 Å². The van der Waals surface area contributed by atoms with Crippen molar-refractivity contribution in [1.29, 1.82) is 0 Å². The van der Waals surface area contributed by atoms with Crippen molar-refractivity contribution in [2.45, 2.75) is 33.2 Å². The first-order chi connectivity index (χ1) is 14.5. The highest BCUT2D eigenvalue weighted by atomic mass is 79.9. The van der Waals surface area contributed by atoms with Gasteiger partial charge in [-0.25, -0.2) is 0 Å². The van der Waals surface area contributed by atoms with Gasteiger partial charge in [-0.3, -0.25) is 9.59 Å². The summed E-state index contributed by atoms with van der Waals surface area (Å²) in [6.45, 7) is 5.98. The Morgan fingerprint density at radius 2 is 2.10 bits per heavy atom. The number of piperidine rings is 1. The number of ether oxygens (including phenoxy) is 1. The van der Waals surface area contributed by atoms with E-state index in [1.54, 1.807) is 11.3 Å². The Hall–Kier alpha value is -2.12. The van der Waals surface area contributed by atoms with Gasteiger partial charge < -0.3 is 14.2 Å². The molecule has 0 aliphatic carbocycles. The number of hydrogen-bond donors (Lipinski definition) is 0. The minimum absolute atomic E-state index is 0.0205. The normalized spacial score (nSPS) is 16.8. The van der Waals surface area contributed by atoms with Gasteiger partial charge in [0.1, 0.15) is 5.69 Å². The molecule has 0 radical (unpaired) electrons. The lowest BCUT2D eigenvalue weighted by molar-refractivity contribution is -0.149. The van der Waals surface area contributed by atoms with Gasteiger partial charge in [-0.1, -0.05) is 24.3 Å². The second-order valence-corrected chi connectivity index (χ2v) is 9.45. The van der Waals surface area contributed by atoms with Crippen LogP contribution in [0.15, 0.2) is 40.2 Å². The molecular weight excluding hydrogens is 464 g/mol. The van der Waals surface area contributed by atoms with Crippen LogP contribution in [0.25, 0.3) is 10.2 Å². The number of hydrogen-bond acceptors (Lipinski definition) is 4. The van der Waals surface area contributed by atoms with Crippen LogP contribution in [0.1, 0.15) is 41.4 Å². The average Bonchev–Trinajstić information content (AvgIpc) is 3.29. The second kappa shape index (κ2) is 8.94. The summed E-state index contributed by atoms with van der Waals surface area (Å²) >= 11 is 5.28. The molecule has 0 saturated carbocycles. The Balaban J connectivity index is 1.67. The van der Waals surface area contributed by atoms with Gasteiger partial charge in [0.05, 0.1) is 27.2 Å². The molecule has 1 atom stereocenters. The van der Waals surface area contributed by atoms with E-state index in [4.69, 9.17) is 4.74 Å². The molecule has 4 rings (SSSR count). The van der Waals surface area contributed by atoms with Crippen LogP contribution in [0.4, 0.5) is 0 Å². The summed E-state index contributed by atoms with van der Waals surface area (Å²) in [5, 5.41) is 2.06. The molecular formula is C23H25BrN2O3S. The number of thiophene rings is 1. The first-order valence-corrected chi connectivity index (χ1v) is 11.9. The highest BCUT2D eigenvalue weighted by molar-refractivity contribution is 9.10. The summed E-state index contributed by atoms with van der Waals surface area (Å²) in [4.78, 5) is 27.6. The summed E-state index contributed by atoms with van der Waals surface area (Å²) in [7, 11) is 0. The lowest BCUT2D eigenvalue weighted by Gasteiger charge is -2.31. The Labute approximate surface area is 188 Å². The lowest BCUT2D eigenvalue weighted by atomic mass is 9.98. The van der Waals surface area contributed by atoms with E-state index < -0.39 is 0 Å². The Morgan fingerprint density at radius 3 is 2.87 bits per heavy atom. The van der Waals surface area contributed by atoms with E-state index in [9.17, 15) is 9.59 Å². The molecule has 5 nitrogen and oxygen atoms in total. The Kier molecular flexibility index (Phi) is 6.29. The molecule has 1 fully saturated rings. The van der Waals surface area contributed by atoms with Gasteiger partial charge in [0.15, 0.2) is 0 Å². The predicted molar refractivity (Wildman–Crippen MR) is 123 cm³/mol. The van der Waals surface area contributed by atoms with Crippen LogP contribution >= 0.6 is 27.3 Å². The van der Waals surface area contributed by atoms with Crippen LogP contribution in [-0.4, -0.2) is 41.0 Å². The number of esters is 1. The van der Waals surface area contributed by atoms with Crippen molar-refractivity contribution in [3.05, 3.63) is 57.0 Å². The minimum Gasteiger partial charge on any atom is -0.466 e. The number of fused-ring (bicyclic) bond motifs is 1. The molecule has 3 aromatic rings. The number of nitrogens with zero attached hydrogens (tertiary/aromatic N) is 2. The van der Waals surface area contributed by atoms with Gasteiger partial charge in [-0.2, -0.15) is 0 Å². The van der Waals surface area contributed by atoms with Crippen LogP contribution in [-0.2, 0) is 16.1 Å². The summed E-state index contributed by atoms with van der Waals surface area (Å²) in [5.74, 6) is -0.461. The minimum atomic E-state index is -0.240. The Bertz CT molecular complexity index is 1090. The van der Waals surface area contributed by atoms with Gasteiger partial charge in [0, 0.05) is 25.0 Å². The molecule has 3 heterocycles. The topological polar surface area (TPSA) is 51.5 Å². The van der Waals surface area contributed by atoms with E-state index in [1.165, 1.54) is 11.1 Å². The van der Waals surface area contributed by atoms with Crippen molar-refractivity contribution >= 4 is 49.4 Å². The molecule has 1 amide bonds. The van der Waals surface area contributed by atoms with E-state index in [2.05, 4.69) is 44.9 Å². The molecule has 1 aromatic carbocycles. The standard InChI is InChI=1S/C23H25BrN2O3S/c1-3-29-23(28)17-9-6-10-25(12-17)22(27)19-11-20-21(18(24)14-30-20)26(19)13-16-8-5-4-7-15(16)2/h4-5,7-8,11,14,17H,3,6,9-10,12-13H2,1-2H3. The molecule has 1 aliphatic rings. The molecule has 0 spiro atoms. The largest absolute Gasteiger partial charge is 0.466 e. The zero-order valence-electron chi connectivity index (χ0n) is 17.2. The predicted octanol–water partition coefficient (Wildman–Crippen LogP) is 5.24. The van der Waals surface area contributed by atoms with E-state index >= 15 is 0 Å².